The minimum atomic E-state index is 0.0294. The number of phenolic OH excluding ortho intramolecular Hbond substituents is 1. The molecule has 0 bridgehead atoms. The molecule has 5 nitrogen and oxygen atoms in total. The first kappa shape index (κ1) is 13.1. The number of anilines is 1. The van der Waals surface area contributed by atoms with E-state index in [2.05, 4.69) is 4.98 Å². The fourth-order valence-electron chi connectivity index (χ4n) is 1.94. The molecule has 0 aliphatic heterocycles. The molecule has 1 heterocycles. The van der Waals surface area contributed by atoms with E-state index < -0.39 is 0 Å². The molecule has 0 aliphatic carbocycles. The molecular formula is C14H17N3O2. The summed E-state index contributed by atoms with van der Waals surface area (Å²) in [5, 5.41) is 9.47. The van der Waals surface area contributed by atoms with Gasteiger partial charge in [0.25, 0.3) is 0 Å². The Labute approximate surface area is 112 Å². The Bertz CT molecular complexity index is 537. The fraction of sp³-hybridized carbons (Fsp3) is 0.286. The normalized spacial score (nSPS) is 10.4. The molecule has 1 N–H and O–H groups in total. The number of aryl methyl sites for hydroxylation is 1. The Morgan fingerprint density at radius 3 is 2.95 bits per heavy atom. The van der Waals surface area contributed by atoms with Crippen molar-refractivity contribution in [2.24, 2.45) is 0 Å². The average molecular weight is 259 g/mol. The number of nitrogens with zero attached hydrogens (tertiary/aromatic N) is 3. The summed E-state index contributed by atoms with van der Waals surface area (Å²) < 4.78 is 1.87. The Hall–Kier alpha value is -2.30. The monoisotopic (exact) mass is 259 g/mol. The van der Waals surface area contributed by atoms with E-state index in [9.17, 15) is 9.90 Å². The summed E-state index contributed by atoms with van der Waals surface area (Å²) in [4.78, 5) is 17.8. The second kappa shape index (κ2) is 6.04. The lowest BCUT2D eigenvalue weighted by atomic mass is 10.2. The third-order valence-corrected chi connectivity index (χ3v) is 2.90. The molecule has 2 rings (SSSR count). The molecule has 0 saturated heterocycles. The lowest BCUT2D eigenvalue weighted by Gasteiger charge is -2.21. The number of aromatic hydroxyl groups is 1. The zero-order valence-electron chi connectivity index (χ0n) is 10.9. The van der Waals surface area contributed by atoms with Gasteiger partial charge in [-0.3, -0.25) is 4.79 Å². The summed E-state index contributed by atoms with van der Waals surface area (Å²) in [6, 6.07) is 6.74. The lowest BCUT2D eigenvalue weighted by molar-refractivity contribution is -0.118. The third kappa shape index (κ3) is 3.34. The molecule has 0 radical (unpaired) electrons. The van der Waals surface area contributed by atoms with Gasteiger partial charge in [-0.2, -0.15) is 0 Å². The van der Waals surface area contributed by atoms with Crippen molar-refractivity contribution >= 4 is 11.6 Å². The molecule has 2 aromatic rings. The van der Waals surface area contributed by atoms with Crippen LogP contribution in [0.25, 0.3) is 0 Å². The molecule has 0 unspecified atom stereocenters. The molecule has 19 heavy (non-hydrogen) atoms. The van der Waals surface area contributed by atoms with Crippen molar-refractivity contribution < 1.29 is 9.90 Å². The third-order valence-electron chi connectivity index (χ3n) is 2.90. The van der Waals surface area contributed by atoms with E-state index in [4.69, 9.17) is 0 Å². The summed E-state index contributed by atoms with van der Waals surface area (Å²) >= 11 is 0. The van der Waals surface area contributed by atoms with Crippen LogP contribution in [0.15, 0.2) is 43.0 Å². The average Bonchev–Trinajstić information content (AvgIpc) is 2.90. The van der Waals surface area contributed by atoms with Crippen LogP contribution < -0.4 is 4.90 Å². The van der Waals surface area contributed by atoms with Gasteiger partial charge in [-0.25, -0.2) is 4.98 Å². The first-order valence-corrected chi connectivity index (χ1v) is 6.26. The van der Waals surface area contributed by atoms with Crippen LogP contribution in [0.1, 0.15) is 13.3 Å². The second-order valence-corrected chi connectivity index (χ2v) is 4.21. The van der Waals surface area contributed by atoms with Crippen molar-refractivity contribution in [2.75, 3.05) is 11.4 Å². The highest BCUT2D eigenvalue weighted by atomic mass is 16.3. The van der Waals surface area contributed by atoms with Crippen molar-refractivity contribution in [3.05, 3.63) is 43.0 Å². The maximum Gasteiger partial charge on any atom is 0.228 e. The number of hydrogen-bond donors (Lipinski definition) is 1. The van der Waals surface area contributed by atoms with E-state index in [-0.39, 0.29) is 11.7 Å². The van der Waals surface area contributed by atoms with Gasteiger partial charge in [0, 0.05) is 43.7 Å². The van der Waals surface area contributed by atoms with Crippen molar-refractivity contribution in [2.45, 2.75) is 19.9 Å². The largest absolute Gasteiger partial charge is 0.508 e. The van der Waals surface area contributed by atoms with Crippen LogP contribution in [0.2, 0.25) is 0 Å². The van der Waals surface area contributed by atoms with Gasteiger partial charge < -0.3 is 14.6 Å². The van der Waals surface area contributed by atoms with E-state index in [1.54, 1.807) is 35.6 Å². The quantitative estimate of drug-likeness (QED) is 0.893. The summed E-state index contributed by atoms with van der Waals surface area (Å²) in [6.45, 7) is 3.10. The first-order valence-electron chi connectivity index (χ1n) is 6.26. The first-order chi connectivity index (χ1) is 9.20. The van der Waals surface area contributed by atoms with Crippen LogP contribution >= 0.6 is 0 Å². The lowest BCUT2D eigenvalue weighted by Crippen LogP contribution is -2.31. The molecule has 0 aliphatic rings. The number of hydrogen-bond acceptors (Lipinski definition) is 3. The molecule has 0 spiro atoms. The number of carbonyl (C=O) groups excluding carboxylic acids is 1. The van der Waals surface area contributed by atoms with Crippen molar-refractivity contribution in [1.82, 2.24) is 9.55 Å². The van der Waals surface area contributed by atoms with Gasteiger partial charge in [0.2, 0.25) is 5.91 Å². The Morgan fingerprint density at radius 1 is 1.47 bits per heavy atom. The standard InChI is InChI=1S/C14H17N3O2/c1-2-17(12-4-3-5-13(18)10-12)14(19)6-8-16-9-7-15-11-16/h3-5,7,9-11,18H,2,6,8H2,1H3. The zero-order chi connectivity index (χ0) is 13.7. The number of carbonyl (C=O) groups is 1. The second-order valence-electron chi connectivity index (χ2n) is 4.21. The molecule has 1 aromatic heterocycles. The molecule has 5 heteroatoms. The molecule has 100 valence electrons. The van der Waals surface area contributed by atoms with Gasteiger partial charge in [0.1, 0.15) is 5.75 Å². The Kier molecular flexibility index (Phi) is 4.18. The predicted molar refractivity (Wildman–Crippen MR) is 73.0 cm³/mol. The number of aromatic nitrogens is 2. The minimum absolute atomic E-state index is 0.0294. The number of amides is 1. The van der Waals surface area contributed by atoms with Crippen molar-refractivity contribution in [1.29, 1.82) is 0 Å². The van der Waals surface area contributed by atoms with Crippen molar-refractivity contribution in [3.63, 3.8) is 0 Å². The number of imidazole rings is 1. The minimum Gasteiger partial charge on any atom is -0.508 e. The highest BCUT2D eigenvalue weighted by Crippen LogP contribution is 2.20. The van der Waals surface area contributed by atoms with Crippen LogP contribution in [0, 0.1) is 0 Å². The van der Waals surface area contributed by atoms with Gasteiger partial charge in [0.15, 0.2) is 0 Å². The van der Waals surface area contributed by atoms with Crippen LogP contribution in [-0.2, 0) is 11.3 Å². The molecular weight excluding hydrogens is 242 g/mol. The SMILES string of the molecule is CCN(C(=O)CCn1ccnc1)c1cccc(O)c1. The Balaban J connectivity index is 2.02. The highest BCUT2D eigenvalue weighted by molar-refractivity contribution is 5.93. The van der Waals surface area contributed by atoms with E-state index >= 15 is 0 Å². The maximum atomic E-state index is 12.2. The van der Waals surface area contributed by atoms with Gasteiger partial charge in [-0.1, -0.05) is 6.07 Å². The summed E-state index contributed by atoms with van der Waals surface area (Å²) in [5.74, 6) is 0.195. The number of rotatable bonds is 5. The zero-order valence-corrected chi connectivity index (χ0v) is 10.9. The van der Waals surface area contributed by atoms with Crippen molar-refractivity contribution in [3.8, 4) is 5.75 Å². The van der Waals surface area contributed by atoms with Gasteiger partial charge in [0.05, 0.1) is 6.33 Å². The van der Waals surface area contributed by atoms with Gasteiger partial charge >= 0.3 is 0 Å². The number of benzene rings is 1. The summed E-state index contributed by atoms with van der Waals surface area (Å²) in [7, 11) is 0. The topological polar surface area (TPSA) is 58.4 Å². The van der Waals surface area contributed by atoms with Crippen LogP contribution in [0.4, 0.5) is 5.69 Å². The van der Waals surface area contributed by atoms with Gasteiger partial charge in [-0.15, -0.1) is 0 Å². The summed E-state index contributed by atoms with van der Waals surface area (Å²) in [5.41, 5.74) is 0.720. The number of phenols is 1. The van der Waals surface area contributed by atoms with E-state index in [0.29, 0.717) is 19.5 Å². The van der Waals surface area contributed by atoms with Crippen LogP contribution in [-0.4, -0.2) is 27.1 Å². The fourth-order valence-corrected chi connectivity index (χ4v) is 1.94. The predicted octanol–water partition coefficient (Wildman–Crippen LogP) is 2.03. The molecule has 1 amide bonds. The van der Waals surface area contributed by atoms with E-state index in [1.807, 2.05) is 23.8 Å². The molecule has 0 fully saturated rings. The van der Waals surface area contributed by atoms with E-state index in [1.165, 1.54) is 0 Å². The molecule has 1 aromatic carbocycles. The molecule has 0 saturated carbocycles. The smallest absolute Gasteiger partial charge is 0.228 e. The van der Waals surface area contributed by atoms with E-state index in [0.717, 1.165) is 5.69 Å². The van der Waals surface area contributed by atoms with Gasteiger partial charge in [-0.05, 0) is 19.1 Å². The maximum absolute atomic E-state index is 12.2. The van der Waals surface area contributed by atoms with Crippen LogP contribution in [0.3, 0.4) is 0 Å². The highest BCUT2D eigenvalue weighted by Gasteiger charge is 2.13. The molecule has 0 atom stereocenters. The Morgan fingerprint density at radius 2 is 2.32 bits per heavy atom. The summed E-state index contributed by atoms with van der Waals surface area (Å²) in [6.07, 6.45) is 5.62. The van der Waals surface area contributed by atoms with Crippen LogP contribution in [0.5, 0.6) is 5.75 Å².